The molecule has 0 aliphatic rings. The predicted molar refractivity (Wildman–Crippen MR) is 126 cm³/mol. The lowest BCUT2D eigenvalue weighted by Gasteiger charge is -2.24. The van der Waals surface area contributed by atoms with E-state index in [0.717, 1.165) is 15.8 Å². The van der Waals surface area contributed by atoms with Gasteiger partial charge in [0.2, 0.25) is 0 Å². The number of pyridine rings is 1. The van der Waals surface area contributed by atoms with E-state index in [9.17, 15) is 9.59 Å². The molecule has 0 bridgehead atoms. The molecule has 162 valence electrons. The highest BCUT2D eigenvalue weighted by atomic mass is 32.1. The average molecular weight is 448 g/mol. The van der Waals surface area contributed by atoms with Gasteiger partial charge < -0.3 is 15.8 Å². The zero-order chi connectivity index (χ0) is 22.7. The Bertz CT molecular complexity index is 1300. The number of methoxy groups -OCH3 is 1. The Kier molecular flexibility index (Phi) is 6.00. The fourth-order valence-corrected chi connectivity index (χ4v) is 3.92. The van der Waals surface area contributed by atoms with Crippen LogP contribution in [0, 0.1) is 6.92 Å². The zero-order valence-corrected chi connectivity index (χ0v) is 18.3. The quantitative estimate of drug-likeness (QED) is 0.451. The van der Waals surface area contributed by atoms with Crippen molar-refractivity contribution in [1.29, 1.82) is 0 Å². The highest BCUT2D eigenvalue weighted by molar-refractivity contribution is 7.16. The van der Waals surface area contributed by atoms with Crippen LogP contribution in [0.3, 0.4) is 0 Å². The van der Waals surface area contributed by atoms with E-state index >= 15 is 0 Å². The number of thiazole rings is 1. The Morgan fingerprint density at radius 3 is 2.75 bits per heavy atom. The number of carbonyl (C=O) groups is 2. The van der Waals surface area contributed by atoms with Gasteiger partial charge in [-0.25, -0.2) is 9.97 Å². The number of fused-ring (bicyclic) bond motifs is 1. The van der Waals surface area contributed by atoms with Gasteiger partial charge in [0.1, 0.15) is 11.6 Å². The van der Waals surface area contributed by atoms with Crippen molar-refractivity contribution in [3.05, 3.63) is 71.4 Å². The van der Waals surface area contributed by atoms with E-state index in [4.69, 9.17) is 10.5 Å². The Hall–Kier alpha value is -3.98. The van der Waals surface area contributed by atoms with Gasteiger partial charge >= 0.3 is 11.8 Å². The van der Waals surface area contributed by atoms with Crippen LogP contribution in [0.5, 0.6) is 5.75 Å². The maximum atomic E-state index is 13.3. The van der Waals surface area contributed by atoms with Gasteiger partial charge in [-0.15, -0.1) is 11.3 Å². The van der Waals surface area contributed by atoms with Gasteiger partial charge in [0.25, 0.3) is 0 Å². The monoisotopic (exact) mass is 447 g/mol. The average Bonchev–Trinajstić information content (AvgIpc) is 3.27. The van der Waals surface area contributed by atoms with Crippen LogP contribution in [0.2, 0.25) is 0 Å². The lowest BCUT2D eigenvalue weighted by Crippen LogP contribution is -2.39. The van der Waals surface area contributed by atoms with Crippen molar-refractivity contribution in [3.8, 4) is 5.75 Å². The first-order valence-electron chi connectivity index (χ1n) is 9.76. The molecule has 0 unspecified atom stereocenters. The van der Waals surface area contributed by atoms with E-state index < -0.39 is 11.8 Å². The van der Waals surface area contributed by atoms with Gasteiger partial charge in [0.15, 0.2) is 0 Å². The molecule has 3 N–H and O–H groups in total. The molecule has 0 radical (unpaired) electrons. The number of nitrogen functional groups attached to an aromatic ring is 1. The number of para-hydroxylation sites is 2. The standard InChI is InChI=1S/C23H21N5O3S/c1-14-9-16(11-25-21(14)24)27-22(29)23(30)28(18-5-3-4-6-19(18)31-2)12-15-7-8-20-17(10-15)26-13-32-20/h3-11,13H,12H2,1-2H3,(H2,24,25)(H,27,29). The molecule has 0 atom stereocenters. The normalized spacial score (nSPS) is 10.7. The molecule has 0 fully saturated rings. The number of benzene rings is 2. The van der Waals surface area contributed by atoms with E-state index in [2.05, 4.69) is 15.3 Å². The molecule has 0 spiro atoms. The van der Waals surface area contributed by atoms with Crippen LogP contribution in [0.25, 0.3) is 10.2 Å². The van der Waals surface area contributed by atoms with Crippen molar-refractivity contribution < 1.29 is 14.3 Å². The van der Waals surface area contributed by atoms with Crippen molar-refractivity contribution in [2.45, 2.75) is 13.5 Å². The number of aryl methyl sites for hydroxylation is 1. The summed E-state index contributed by atoms with van der Waals surface area (Å²) in [5.74, 6) is -0.685. The number of aromatic nitrogens is 2. The molecule has 9 heteroatoms. The molecule has 0 aliphatic carbocycles. The third-order valence-corrected chi connectivity index (χ3v) is 5.74. The first-order valence-corrected chi connectivity index (χ1v) is 10.6. The summed E-state index contributed by atoms with van der Waals surface area (Å²) in [5, 5.41) is 2.61. The van der Waals surface area contributed by atoms with Gasteiger partial charge in [-0.3, -0.25) is 14.5 Å². The Balaban J connectivity index is 1.66. The van der Waals surface area contributed by atoms with Crippen LogP contribution in [0.15, 0.2) is 60.2 Å². The number of nitrogens with two attached hydrogens (primary N) is 1. The minimum Gasteiger partial charge on any atom is -0.495 e. The smallest absolute Gasteiger partial charge is 0.317 e. The number of hydrogen-bond donors (Lipinski definition) is 2. The van der Waals surface area contributed by atoms with Crippen molar-refractivity contribution in [2.75, 3.05) is 23.1 Å². The summed E-state index contributed by atoms with van der Waals surface area (Å²) in [7, 11) is 1.52. The summed E-state index contributed by atoms with van der Waals surface area (Å²) in [6.45, 7) is 1.94. The fourth-order valence-electron chi connectivity index (χ4n) is 3.26. The van der Waals surface area contributed by atoms with E-state index in [1.54, 1.807) is 54.1 Å². The van der Waals surface area contributed by atoms with Crippen molar-refractivity contribution in [2.24, 2.45) is 0 Å². The summed E-state index contributed by atoms with van der Waals surface area (Å²) in [6, 6.07) is 14.5. The topological polar surface area (TPSA) is 110 Å². The number of ether oxygens (including phenoxy) is 1. The number of nitrogens with one attached hydrogen (secondary N) is 1. The van der Waals surface area contributed by atoms with Crippen LogP contribution >= 0.6 is 11.3 Å². The second-order valence-corrected chi connectivity index (χ2v) is 7.98. The SMILES string of the molecule is COc1ccccc1N(Cc1ccc2scnc2c1)C(=O)C(=O)Nc1cnc(N)c(C)c1. The van der Waals surface area contributed by atoms with Crippen molar-refractivity contribution >= 4 is 50.6 Å². The van der Waals surface area contributed by atoms with Crippen LogP contribution in [-0.4, -0.2) is 28.9 Å². The molecule has 2 amide bonds. The molecule has 2 aromatic heterocycles. The van der Waals surface area contributed by atoms with Gasteiger partial charge in [-0.2, -0.15) is 0 Å². The highest BCUT2D eigenvalue weighted by Crippen LogP contribution is 2.30. The minimum atomic E-state index is -0.795. The molecular weight excluding hydrogens is 426 g/mol. The van der Waals surface area contributed by atoms with E-state index in [1.807, 2.05) is 18.2 Å². The van der Waals surface area contributed by atoms with Crippen LogP contribution < -0.4 is 20.7 Å². The molecular formula is C23H21N5O3S. The minimum absolute atomic E-state index is 0.166. The number of nitrogens with zero attached hydrogens (tertiary/aromatic N) is 3. The lowest BCUT2D eigenvalue weighted by molar-refractivity contribution is -0.134. The van der Waals surface area contributed by atoms with Gasteiger partial charge in [0.05, 0.1) is 47.0 Å². The summed E-state index contributed by atoms with van der Waals surface area (Å²) in [5.41, 5.74) is 10.8. The summed E-state index contributed by atoms with van der Waals surface area (Å²) >= 11 is 1.54. The zero-order valence-electron chi connectivity index (χ0n) is 17.5. The maximum absolute atomic E-state index is 13.3. The summed E-state index contributed by atoms with van der Waals surface area (Å²) in [4.78, 5) is 35.9. The molecule has 2 heterocycles. The second-order valence-electron chi connectivity index (χ2n) is 7.10. The van der Waals surface area contributed by atoms with Crippen LogP contribution in [-0.2, 0) is 16.1 Å². The number of carbonyl (C=O) groups excluding carboxylic acids is 2. The number of hydrogen-bond acceptors (Lipinski definition) is 7. The first kappa shape index (κ1) is 21.3. The molecule has 32 heavy (non-hydrogen) atoms. The van der Waals surface area contributed by atoms with Gasteiger partial charge in [-0.1, -0.05) is 18.2 Å². The van der Waals surface area contributed by atoms with Gasteiger partial charge in [0, 0.05) is 0 Å². The van der Waals surface area contributed by atoms with Crippen LogP contribution in [0.4, 0.5) is 17.2 Å². The third kappa shape index (κ3) is 4.37. The van der Waals surface area contributed by atoms with E-state index in [-0.39, 0.29) is 6.54 Å². The first-order chi connectivity index (χ1) is 15.5. The maximum Gasteiger partial charge on any atom is 0.317 e. The Morgan fingerprint density at radius 2 is 1.97 bits per heavy atom. The largest absolute Gasteiger partial charge is 0.495 e. The number of amides is 2. The number of anilines is 3. The number of rotatable bonds is 5. The van der Waals surface area contributed by atoms with Crippen molar-refractivity contribution in [3.63, 3.8) is 0 Å². The molecule has 0 saturated heterocycles. The predicted octanol–water partition coefficient (Wildman–Crippen LogP) is 3.76. The summed E-state index contributed by atoms with van der Waals surface area (Å²) < 4.78 is 6.49. The third-order valence-electron chi connectivity index (χ3n) is 4.93. The van der Waals surface area contributed by atoms with Crippen LogP contribution in [0.1, 0.15) is 11.1 Å². The van der Waals surface area contributed by atoms with E-state index in [0.29, 0.717) is 28.5 Å². The lowest BCUT2D eigenvalue weighted by atomic mass is 10.1. The Labute approximate surface area is 188 Å². The van der Waals surface area contributed by atoms with Crippen molar-refractivity contribution in [1.82, 2.24) is 9.97 Å². The van der Waals surface area contributed by atoms with Gasteiger partial charge in [-0.05, 0) is 48.4 Å². The van der Waals surface area contributed by atoms with E-state index in [1.165, 1.54) is 18.2 Å². The Morgan fingerprint density at radius 1 is 1.16 bits per heavy atom. The molecule has 8 nitrogen and oxygen atoms in total. The fraction of sp³-hybridized carbons (Fsp3) is 0.130. The molecule has 0 aliphatic heterocycles. The second kappa shape index (κ2) is 9.03. The molecule has 4 aromatic rings. The highest BCUT2D eigenvalue weighted by Gasteiger charge is 2.26. The molecule has 0 saturated carbocycles. The molecule has 4 rings (SSSR count). The summed E-state index contributed by atoms with van der Waals surface area (Å²) in [6.07, 6.45) is 1.41. The molecule has 2 aromatic carbocycles.